The Morgan fingerprint density at radius 1 is 1.46 bits per heavy atom. The van der Waals surface area contributed by atoms with Crippen molar-refractivity contribution < 1.29 is 14.3 Å². The molecule has 1 atom stereocenters. The van der Waals surface area contributed by atoms with Crippen LogP contribution >= 0.6 is 0 Å². The number of carbonyl (C=O) groups excluding carboxylic acids is 2. The molecule has 0 aromatic carbocycles. The van der Waals surface area contributed by atoms with E-state index in [1.165, 1.54) is 0 Å². The molecule has 3 nitrogen and oxygen atoms in total. The maximum absolute atomic E-state index is 10.7. The zero-order chi connectivity index (χ0) is 10.1. The maximum atomic E-state index is 10.7. The fourth-order valence-corrected chi connectivity index (χ4v) is 0.964. The highest BCUT2D eigenvalue weighted by molar-refractivity contribution is 5.68. The van der Waals surface area contributed by atoms with Crippen LogP contribution in [-0.2, 0) is 14.3 Å². The monoisotopic (exact) mass is 185 g/mol. The van der Waals surface area contributed by atoms with E-state index in [1.54, 1.807) is 6.92 Å². The first-order chi connectivity index (χ1) is 6.24. The van der Waals surface area contributed by atoms with E-state index in [2.05, 4.69) is 0 Å². The standard InChI is InChI=1S/C10H17O3/c1-3-9(8-11)6-5-7-13-10(12)4-2/h9H,3-7H2,1-2H3. The molecule has 13 heavy (non-hydrogen) atoms. The van der Waals surface area contributed by atoms with Crippen molar-refractivity contribution >= 4 is 12.3 Å². The molecule has 0 amide bonds. The second kappa shape index (κ2) is 7.77. The zero-order valence-corrected chi connectivity index (χ0v) is 8.34. The van der Waals surface area contributed by atoms with Crippen LogP contribution in [0.15, 0.2) is 0 Å². The third-order valence-corrected chi connectivity index (χ3v) is 1.91. The summed E-state index contributed by atoms with van der Waals surface area (Å²) in [4.78, 5) is 21.0. The Morgan fingerprint density at radius 2 is 2.15 bits per heavy atom. The van der Waals surface area contributed by atoms with Crippen LogP contribution < -0.4 is 0 Å². The van der Waals surface area contributed by atoms with E-state index in [1.807, 2.05) is 13.2 Å². The van der Waals surface area contributed by atoms with Crippen molar-refractivity contribution in [2.75, 3.05) is 6.61 Å². The van der Waals surface area contributed by atoms with Gasteiger partial charge in [-0.15, -0.1) is 0 Å². The summed E-state index contributed by atoms with van der Waals surface area (Å²) in [5.74, 6) is -0.177. The molecule has 0 aliphatic carbocycles. The van der Waals surface area contributed by atoms with E-state index in [0.717, 1.165) is 19.3 Å². The van der Waals surface area contributed by atoms with Gasteiger partial charge in [-0.25, -0.2) is 0 Å². The van der Waals surface area contributed by atoms with Gasteiger partial charge in [0.1, 0.15) is 0 Å². The molecule has 0 aliphatic rings. The molecule has 0 aromatic rings. The average molecular weight is 185 g/mol. The van der Waals surface area contributed by atoms with Crippen LogP contribution in [0.25, 0.3) is 0 Å². The van der Waals surface area contributed by atoms with Gasteiger partial charge in [0.2, 0.25) is 6.29 Å². The summed E-state index contributed by atoms with van der Waals surface area (Å²) in [7, 11) is 0. The number of carbonyl (C=O) groups is 1. The SMILES string of the molecule is CCC(=O)OCCCC([C]=O)CC. The Labute approximate surface area is 79.5 Å². The Bertz CT molecular complexity index is 154. The van der Waals surface area contributed by atoms with Gasteiger partial charge in [0.15, 0.2) is 0 Å². The molecule has 3 heteroatoms. The molecular weight excluding hydrogens is 168 g/mol. The number of hydrogen-bond donors (Lipinski definition) is 0. The van der Waals surface area contributed by atoms with Gasteiger partial charge >= 0.3 is 5.97 Å². The van der Waals surface area contributed by atoms with Crippen molar-refractivity contribution in [3.63, 3.8) is 0 Å². The Balaban J connectivity index is 3.33. The van der Waals surface area contributed by atoms with Gasteiger partial charge < -0.3 is 4.74 Å². The molecule has 0 rings (SSSR count). The number of hydrogen-bond acceptors (Lipinski definition) is 3. The van der Waals surface area contributed by atoms with Gasteiger partial charge in [-0.2, -0.15) is 0 Å². The minimum Gasteiger partial charge on any atom is -0.466 e. The minimum atomic E-state index is -0.178. The number of esters is 1. The van der Waals surface area contributed by atoms with Crippen LogP contribution in [0.4, 0.5) is 0 Å². The molecule has 1 radical (unpaired) electrons. The lowest BCUT2D eigenvalue weighted by Gasteiger charge is -2.06. The number of ether oxygens (including phenoxy) is 1. The van der Waals surface area contributed by atoms with E-state index >= 15 is 0 Å². The second-order valence-electron chi connectivity index (χ2n) is 2.94. The molecule has 0 spiro atoms. The summed E-state index contributed by atoms with van der Waals surface area (Å²) in [6.07, 6.45) is 4.70. The molecule has 0 bridgehead atoms. The van der Waals surface area contributed by atoms with E-state index in [0.29, 0.717) is 13.0 Å². The maximum Gasteiger partial charge on any atom is 0.305 e. The predicted molar refractivity (Wildman–Crippen MR) is 50.0 cm³/mol. The van der Waals surface area contributed by atoms with Crippen molar-refractivity contribution in [2.24, 2.45) is 5.92 Å². The van der Waals surface area contributed by atoms with E-state index in [-0.39, 0.29) is 11.9 Å². The Morgan fingerprint density at radius 3 is 2.62 bits per heavy atom. The first-order valence-electron chi connectivity index (χ1n) is 4.77. The predicted octanol–water partition coefficient (Wildman–Crippen LogP) is 1.86. The summed E-state index contributed by atoms with van der Waals surface area (Å²) < 4.78 is 4.86. The molecule has 0 heterocycles. The van der Waals surface area contributed by atoms with Crippen molar-refractivity contribution in [3.05, 3.63) is 0 Å². The van der Waals surface area contributed by atoms with Crippen molar-refractivity contribution in [1.82, 2.24) is 0 Å². The molecule has 0 aliphatic heterocycles. The quantitative estimate of drug-likeness (QED) is 0.449. The first kappa shape index (κ1) is 12.1. The molecule has 0 aromatic heterocycles. The van der Waals surface area contributed by atoms with Crippen LogP contribution in [-0.4, -0.2) is 18.9 Å². The fourth-order valence-electron chi connectivity index (χ4n) is 0.964. The summed E-state index contributed by atoms with van der Waals surface area (Å²) in [5, 5.41) is 0. The van der Waals surface area contributed by atoms with Gasteiger partial charge in [-0.1, -0.05) is 13.8 Å². The van der Waals surface area contributed by atoms with E-state index in [9.17, 15) is 9.59 Å². The van der Waals surface area contributed by atoms with Crippen LogP contribution in [0.1, 0.15) is 39.5 Å². The zero-order valence-electron chi connectivity index (χ0n) is 8.34. The number of rotatable bonds is 7. The summed E-state index contributed by atoms with van der Waals surface area (Å²) in [5.41, 5.74) is 0. The fraction of sp³-hybridized carbons (Fsp3) is 0.800. The van der Waals surface area contributed by atoms with Gasteiger partial charge in [0.05, 0.1) is 6.61 Å². The molecular formula is C10H17O3. The highest BCUT2D eigenvalue weighted by Crippen LogP contribution is 2.07. The van der Waals surface area contributed by atoms with Crippen molar-refractivity contribution in [2.45, 2.75) is 39.5 Å². The molecule has 75 valence electrons. The Kier molecular flexibility index (Phi) is 7.26. The third kappa shape index (κ3) is 6.31. The van der Waals surface area contributed by atoms with Gasteiger partial charge in [-0.3, -0.25) is 9.59 Å². The normalized spacial score (nSPS) is 12.2. The first-order valence-corrected chi connectivity index (χ1v) is 4.77. The van der Waals surface area contributed by atoms with Crippen molar-refractivity contribution in [3.8, 4) is 0 Å². The van der Waals surface area contributed by atoms with Crippen LogP contribution in [0.5, 0.6) is 0 Å². The lowest BCUT2D eigenvalue weighted by Crippen LogP contribution is -2.06. The lowest BCUT2D eigenvalue weighted by molar-refractivity contribution is -0.143. The molecule has 0 saturated heterocycles. The molecule has 0 fully saturated rings. The Hall–Kier alpha value is -0.860. The third-order valence-electron chi connectivity index (χ3n) is 1.91. The van der Waals surface area contributed by atoms with Gasteiger partial charge in [0, 0.05) is 12.3 Å². The van der Waals surface area contributed by atoms with Crippen LogP contribution in [0.3, 0.4) is 0 Å². The van der Waals surface area contributed by atoms with E-state index in [4.69, 9.17) is 4.74 Å². The smallest absolute Gasteiger partial charge is 0.305 e. The summed E-state index contributed by atoms with van der Waals surface area (Å²) in [6.45, 7) is 4.13. The second-order valence-corrected chi connectivity index (χ2v) is 2.94. The molecule has 1 unspecified atom stereocenters. The minimum absolute atomic E-state index is 0.000304. The van der Waals surface area contributed by atoms with Gasteiger partial charge in [0.25, 0.3) is 0 Å². The van der Waals surface area contributed by atoms with Crippen molar-refractivity contribution in [1.29, 1.82) is 0 Å². The lowest BCUT2D eigenvalue weighted by atomic mass is 10.0. The highest BCUT2D eigenvalue weighted by atomic mass is 16.5. The average Bonchev–Trinajstić information content (AvgIpc) is 2.18. The molecule has 0 saturated carbocycles. The molecule has 0 N–H and O–H groups in total. The van der Waals surface area contributed by atoms with E-state index < -0.39 is 0 Å². The summed E-state index contributed by atoms with van der Waals surface area (Å²) in [6, 6.07) is 0. The van der Waals surface area contributed by atoms with Crippen LogP contribution in [0.2, 0.25) is 0 Å². The van der Waals surface area contributed by atoms with Crippen LogP contribution in [0, 0.1) is 5.92 Å². The summed E-state index contributed by atoms with van der Waals surface area (Å²) >= 11 is 0. The van der Waals surface area contributed by atoms with Gasteiger partial charge in [-0.05, 0) is 19.3 Å². The largest absolute Gasteiger partial charge is 0.466 e. The topological polar surface area (TPSA) is 43.4 Å². The highest BCUT2D eigenvalue weighted by Gasteiger charge is 2.05.